The quantitative estimate of drug-likeness (QED) is 0.878. The normalized spacial score (nSPS) is 15.0. The molecule has 1 atom stereocenters. The first-order chi connectivity index (χ1) is 8.75. The summed E-state index contributed by atoms with van der Waals surface area (Å²) in [6.07, 6.45) is 0.190. The summed E-state index contributed by atoms with van der Waals surface area (Å²) in [5.41, 5.74) is 3.54. The van der Waals surface area contributed by atoms with Gasteiger partial charge in [-0.2, -0.15) is 0 Å². The van der Waals surface area contributed by atoms with Crippen LogP contribution in [0.15, 0.2) is 36.4 Å². The average molecular weight is 241 g/mol. The van der Waals surface area contributed by atoms with Gasteiger partial charge in [-0.25, -0.2) is 0 Å². The van der Waals surface area contributed by atoms with Crippen molar-refractivity contribution in [1.29, 1.82) is 0 Å². The fourth-order valence-corrected chi connectivity index (χ4v) is 2.33. The number of nitrogens with zero attached hydrogens (tertiary/aromatic N) is 1. The lowest BCUT2D eigenvalue weighted by Gasteiger charge is -2.14. The summed E-state index contributed by atoms with van der Waals surface area (Å²) in [5.74, 6) is 0.827. The highest BCUT2D eigenvalue weighted by Crippen LogP contribution is 2.35. The van der Waals surface area contributed by atoms with E-state index in [4.69, 9.17) is 4.74 Å². The molecule has 0 spiro atoms. The Balaban J connectivity index is 2.03. The molecule has 0 saturated carbocycles. The van der Waals surface area contributed by atoms with E-state index in [0.717, 1.165) is 23.4 Å². The predicted molar refractivity (Wildman–Crippen MR) is 68.7 cm³/mol. The number of ether oxygens (including phenoxy) is 1. The third-order valence-electron chi connectivity index (χ3n) is 3.23. The summed E-state index contributed by atoms with van der Waals surface area (Å²) in [6, 6.07) is 11.6. The molecule has 0 saturated heterocycles. The topological polar surface area (TPSA) is 42.4 Å². The molecule has 0 aliphatic carbocycles. The Morgan fingerprint density at radius 1 is 1.22 bits per heavy atom. The monoisotopic (exact) mass is 241 g/mol. The Morgan fingerprint density at radius 2 is 2.06 bits per heavy atom. The number of benzene rings is 1. The minimum absolute atomic E-state index is 0.666. The van der Waals surface area contributed by atoms with Crippen LogP contribution < -0.4 is 4.74 Å². The van der Waals surface area contributed by atoms with Gasteiger partial charge in [0.05, 0.1) is 12.3 Å². The number of aliphatic hydroxyl groups excluding tert-OH is 1. The van der Waals surface area contributed by atoms with Gasteiger partial charge in [0.2, 0.25) is 0 Å². The van der Waals surface area contributed by atoms with Gasteiger partial charge in [-0.15, -0.1) is 0 Å². The van der Waals surface area contributed by atoms with Crippen molar-refractivity contribution in [3.8, 4) is 5.75 Å². The molecule has 1 aromatic carbocycles. The molecule has 1 unspecified atom stereocenters. The summed E-state index contributed by atoms with van der Waals surface area (Å²) in [5, 5.41) is 10.4. The second-order valence-corrected chi connectivity index (χ2v) is 4.54. The van der Waals surface area contributed by atoms with Gasteiger partial charge in [0, 0.05) is 17.7 Å². The molecule has 1 aliphatic rings. The molecular formula is C15H15NO2. The highest BCUT2D eigenvalue weighted by atomic mass is 16.5. The van der Waals surface area contributed by atoms with Crippen molar-refractivity contribution in [2.45, 2.75) is 19.4 Å². The minimum atomic E-state index is -0.724. The number of rotatable bonds is 2. The van der Waals surface area contributed by atoms with Gasteiger partial charge in [-0.05, 0) is 24.6 Å². The number of aryl methyl sites for hydroxylation is 1. The van der Waals surface area contributed by atoms with Crippen LogP contribution in [0.5, 0.6) is 5.75 Å². The smallest absolute Gasteiger partial charge is 0.128 e. The Morgan fingerprint density at radius 3 is 2.89 bits per heavy atom. The lowest BCUT2D eigenvalue weighted by atomic mass is 10.0. The molecule has 3 heteroatoms. The maximum absolute atomic E-state index is 10.4. The zero-order valence-electron chi connectivity index (χ0n) is 10.3. The van der Waals surface area contributed by atoms with Crippen LogP contribution in [-0.4, -0.2) is 16.7 Å². The summed E-state index contributed by atoms with van der Waals surface area (Å²) < 4.78 is 5.61. The predicted octanol–water partition coefficient (Wildman–Crippen LogP) is 2.41. The first-order valence-electron chi connectivity index (χ1n) is 6.12. The number of fused-ring (bicyclic) bond motifs is 1. The summed E-state index contributed by atoms with van der Waals surface area (Å²) in [7, 11) is 0. The maximum Gasteiger partial charge on any atom is 0.128 e. The summed E-state index contributed by atoms with van der Waals surface area (Å²) in [6.45, 7) is 2.61. The fraction of sp³-hybridized carbons (Fsp3) is 0.267. The second kappa shape index (κ2) is 4.42. The van der Waals surface area contributed by atoms with E-state index in [1.165, 1.54) is 5.56 Å². The standard InChI is InChI=1S/C15H15NO2/c1-10-4-2-7-13(16-10)14(17)12-6-3-5-11-8-9-18-15(11)12/h2-7,14,17H,8-9H2,1H3. The molecule has 0 amide bonds. The molecule has 2 aromatic rings. The van der Waals surface area contributed by atoms with Gasteiger partial charge < -0.3 is 9.84 Å². The lowest BCUT2D eigenvalue weighted by Crippen LogP contribution is -2.04. The highest BCUT2D eigenvalue weighted by molar-refractivity contribution is 5.47. The van der Waals surface area contributed by atoms with Crippen LogP contribution in [0.4, 0.5) is 0 Å². The van der Waals surface area contributed by atoms with Crippen molar-refractivity contribution in [2.24, 2.45) is 0 Å². The molecular weight excluding hydrogens is 226 g/mol. The van der Waals surface area contributed by atoms with E-state index in [9.17, 15) is 5.11 Å². The Kier molecular flexibility index (Phi) is 2.76. The van der Waals surface area contributed by atoms with Crippen molar-refractivity contribution in [2.75, 3.05) is 6.61 Å². The van der Waals surface area contributed by atoms with Gasteiger partial charge >= 0.3 is 0 Å². The Bertz CT molecular complexity index is 580. The number of hydrogen-bond donors (Lipinski definition) is 1. The van der Waals surface area contributed by atoms with Crippen molar-refractivity contribution in [1.82, 2.24) is 4.98 Å². The van der Waals surface area contributed by atoms with Crippen LogP contribution in [-0.2, 0) is 6.42 Å². The van der Waals surface area contributed by atoms with Crippen LogP contribution in [0.1, 0.15) is 28.6 Å². The highest BCUT2D eigenvalue weighted by Gasteiger charge is 2.22. The first kappa shape index (κ1) is 11.2. The zero-order valence-corrected chi connectivity index (χ0v) is 10.3. The number of para-hydroxylation sites is 1. The van der Waals surface area contributed by atoms with Crippen molar-refractivity contribution >= 4 is 0 Å². The molecule has 1 aromatic heterocycles. The molecule has 3 rings (SSSR count). The molecule has 92 valence electrons. The van der Waals surface area contributed by atoms with Crippen molar-refractivity contribution in [3.05, 3.63) is 58.9 Å². The fourth-order valence-electron chi connectivity index (χ4n) is 2.33. The largest absolute Gasteiger partial charge is 0.493 e. The van der Waals surface area contributed by atoms with Gasteiger partial charge in [-0.3, -0.25) is 4.98 Å². The Labute approximate surface area is 106 Å². The molecule has 0 radical (unpaired) electrons. The van der Waals surface area contributed by atoms with Crippen LogP contribution in [0, 0.1) is 6.92 Å². The first-order valence-corrected chi connectivity index (χ1v) is 6.12. The molecule has 1 N–H and O–H groups in total. The number of pyridine rings is 1. The van der Waals surface area contributed by atoms with E-state index in [2.05, 4.69) is 4.98 Å². The van der Waals surface area contributed by atoms with E-state index in [0.29, 0.717) is 12.3 Å². The molecule has 18 heavy (non-hydrogen) atoms. The van der Waals surface area contributed by atoms with Crippen molar-refractivity contribution < 1.29 is 9.84 Å². The van der Waals surface area contributed by atoms with E-state index in [1.807, 2.05) is 43.3 Å². The van der Waals surface area contributed by atoms with Crippen LogP contribution >= 0.6 is 0 Å². The molecule has 0 fully saturated rings. The van der Waals surface area contributed by atoms with Gasteiger partial charge in [-0.1, -0.05) is 24.3 Å². The maximum atomic E-state index is 10.4. The van der Waals surface area contributed by atoms with Gasteiger partial charge in [0.1, 0.15) is 11.9 Å². The summed E-state index contributed by atoms with van der Waals surface area (Å²) in [4.78, 5) is 4.37. The van der Waals surface area contributed by atoms with E-state index in [1.54, 1.807) is 0 Å². The Hall–Kier alpha value is -1.87. The second-order valence-electron chi connectivity index (χ2n) is 4.54. The molecule has 0 bridgehead atoms. The zero-order chi connectivity index (χ0) is 12.5. The SMILES string of the molecule is Cc1cccc(C(O)c2cccc3c2OCC3)n1. The van der Waals surface area contributed by atoms with Gasteiger partial charge in [0.25, 0.3) is 0 Å². The number of aromatic nitrogens is 1. The lowest BCUT2D eigenvalue weighted by molar-refractivity contribution is 0.209. The molecule has 3 nitrogen and oxygen atoms in total. The van der Waals surface area contributed by atoms with Crippen LogP contribution in [0.3, 0.4) is 0 Å². The molecule has 1 aliphatic heterocycles. The van der Waals surface area contributed by atoms with E-state index in [-0.39, 0.29) is 0 Å². The van der Waals surface area contributed by atoms with E-state index < -0.39 is 6.10 Å². The number of aliphatic hydroxyl groups is 1. The average Bonchev–Trinajstić information content (AvgIpc) is 2.86. The number of hydrogen-bond acceptors (Lipinski definition) is 3. The third-order valence-corrected chi connectivity index (χ3v) is 3.23. The van der Waals surface area contributed by atoms with Crippen LogP contribution in [0.25, 0.3) is 0 Å². The van der Waals surface area contributed by atoms with Gasteiger partial charge in [0.15, 0.2) is 0 Å². The third kappa shape index (κ3) is 1.87. The van der Waals surface area contributed by atoms with Crippen molar-refractivity contribution in [3.63, 3.8) is 0 Å². The molecule has 2 heterocycles. The van der Waals surface area contributed by atoms with E-state index >= 15 is 0 Å². The minimum Gasteiger partial charge on any atom is -0.493 e. The van der Waals surface area contributed by atoms with Crippen LogP contribution in [0.2, 0.25) is 0 Å². The summed E-state index contributed by atoms with van der Waals surface area (Å²) >= 11 is 0.